The topological polar surface area (TPSA) is 0 Å². The van der Waals surface area contributed by atoms with Gasteiger partial charge >= 0.3 is 0 Å². The Morgan fingerprint density at radius 2 is 0.958 bits per heavy atom. The van der Waals surface area contributed by atoms with E-state index in [1.54, 1.807) is 47.0 Å². The Kier molecular flexibility index (Phi) is 27.2. The van der Waals surface area contributed by atoms with E-state index in [1.165, 1.54) is 11.1 Å². The van der Waals surface area contributed by atoms with Gasteiger partial charge in [-0.2, -0.15) is 0 Å². The number of hydrogen-bond acceptors (Lipinski definition) is 6. The molecule has 0 radical (unpaired) electrons. The van der Waals surface area contributed by atoms with E-state index in [-0.39, 0.29) is 29.7 Å². The maximum absolute atomic E-state index is 5.28. The van der Waals surface area contributed by atoms with Gasteiger partial charge in [-0.1, -0.05) is 92.3 Å². The van der Waals surface area contributed by atoms with Gasteiger partial charge in [-0.15, -0.1) is 47.0 Å². The lowest BCUT2D eigenvalue weighted by molar-refractivity contribution is 1.35. The first-order valence-corrected chi connectivity index (χ1v) is 11.1. The molecule has 0 saturated carbocycles. The molecule has 0 unspecified atom stereocenters. The molecule has 0 atom stereocenters. The van der Waals surface area contributed by atoms with E-state index in [1.807, 2.05) is 0 Å². The molecule has 0 saturated heterocycles. The average molecular weight is 443 g/mol. The van der Waals surface area contributed by atoms with Gasteiger partial charge in [0.25, 0.3) is 0 Å². The van der Waals surface area contributed by atoms with Crippen molar-refractivity contribution in [2.75, 3.05) is 11.5 Å². The number of thiocarbonyl (C=S) groups is 2. The van der Waals surface area contributed by atoms with Crippen LogP contribution in [0.1, 0.15) is 54.7 Å². The number of thioether (sulfide) groups is 4. The zero-order valence-electron chi connectivity index (χ0n) is 11.6. The summed E-state index contributed by atoms with van der Waals surface area (Å²) < 4.78 is 2.07. The molecule has 0 bridgehead atoms. The Labute approximate surface area is 179 Å². The first kappa shape index (κ1) is 32.5. The maximum Gasteiger partial charge on any atom is 0.104 e. The van der Waals surface area contributed by atoms with Crippen LogP contribution in [-0.2, 0) is 11.5 Å². The molecule has 1 aromatic rings. The van der Waals surface area contributed by atoms with Gasteiger partial charge in [-0.25, -0.2) is 0 Å². The third-order valence-corrected chi connectivity index (χ3v) is 7.56. The van der Waals surface area contributed by atoms with E-state index >= 15 is 0 Å². The van der Waals surface area contributed by atoms with Crippen LogP contribution in [0.15, 0.2) is 24.3 Å². The third kappa shape index (κ3) is 15.1. The summed E-state index contributed by atoms with van der Waals surface area (Å²) in [6.45, 7) is 4.26. The predicted molar refractivity (Wildman–Crippen MR) is 137 cm³/mol. The second kappa shape index (κ2) is 20.1. The van der Waals surface area contributed by atoms with Gasteiger partial charge in [0.15, 0.2) is 0 Å². The molecule has 0 aliphatic rings. The van der Waals surface area contributed by atoms with Crippen molar-refractivity contribution < 1.29 is 0 Å². The zero-order valence-corrected chi connectivity index (χ0v) is 16.5. The van der Waals surface area contributed by atoms with Crippen LogP contribution < -0.4 is 0 Å². The highest BCUT2D eigenvalue weighted by molar-refractivity contribution is 8.47. The number of hydrogen-bond donors (Lipinski definition) is 0. The van der Waals surface area contributed by atoms with Crippen LogP contribution in [0.4, 0.5) is 0 Å². The lowest BCUT2D eigenvalue weighted by Crippen LogP contribution is -1.88. The van der Waals surface area contributed by atoms with Gasteiger partial charge < -0.3 is 0 Å². The van der Waals surface area contributed by atoms with Gasteiger partial charge in [0.05, 0.1) is 0 Å². The fourth-order valence-electron chi connectivity index (χ4n) is 1.34. The zero-order chi connectivity index (χ0) is 14.8. The molecule has 0 N–H and O–H groups in total. The van der Waals surface area contributed by atoms with Crippen molar-refractivity contribution in [2.24, 2.45) is 0 Å². The van der Waals surface area contributed by atoms with Crippen LogP contribution >= 0.6 is 71.5 Å². The molecule has 24 heavy (non-hydrogen) atoms. The second-order valence-corrected chi connectivity index (χ2v) is 10.6. The Morgan fingerprint density at radius 3 is 1.21 bits per heavy atom. The normalized spacial score (nSPS) is 8.75. The van der Waals surface area contributed by atoms with Crippen molar-refractivity contribution in [2.45, 2.75) is 55.1 Å². The average Bonchev–Trinajstić information content (AvgIpc) is 2.45. The fraction of sp³-hybridized carbons (Fsp3) is 0.556. The Morgan fingerprint density at radius 1 is 0.667 bits per heavy atom. The molecule has 0 aromatic heterocycles. The molecule has 0 fully saturated rings. The van der Waals surface area contributed by atoms with E-state index in [4.69, 9.17) is 24.4 Å². The van der Waals surface area contributed by atoms with Gasteiger partial charge in [0.2, 0.25) is 0 Å². The van der Waals surface area contributed by atoms with Gasteiger partial charge in [-0.3, -0.25) is 0 Å². The molecule has 0 aliphatic carbocycles. The number of benzene rings is 1. The highest BCUT2D eigenvalue weighted by atomic mass is 32.2. The summed E-state index contributed by atoms with van der Waals surface area (Å²) in [6, 6.07) is 8.77. The summed E-state index contributed by atoms with van der Waals surface area (Å²) in [4.78, 5) is 0. The van der Waals surface area contributed by atoms with Gasteiger partial charge in [0.1, 0.15) is 7.06 Å². The van der Waals surface area contributed by atoms with Crippen LogP contribution in [-0.4, -0.2) is 18.6 Å². The standard InChI is InChI=1S/C14H18S6.4CH4/c1-3-17-13(15)19-9-11-5-7-12(8-6-11)10-20-14(16)18-4-2;;;;/h5-8H,3-4,9-10H2,1-2H3;4*1H4. The molecule has 0 spiro atoms. The molecule has 0 heterocycles. The first-order valence-electron chi connectivity index (χ1n) is 6.32. The Balaban J connectivity index is -0.000000500. The van der Waals surface area contributed by atoms with Crippen LogP contribution in [0.5, 0.6) is 0 Å². The largest absolute Gasteiger partial charge is 0.108 e. The van der Waals surface area contributed by atoms with Crippen LogP contribution in [0.2, 0.25) is 0 Å². The lowest BCUT2D eigenvalue weighted by Gasteiger charge is -2.05. The highest BCUT2D eigenvalue weighted by Gasteiger charge is 2.01. The van der Waals surface area contributed by atoms with Crippen LogP contribution in [0.25, 0.3) is 0 Å². The fourth-order valence-corrected chi connectivity index (χ4v) is 5.55. The van der Waals surface area contributed by atoms with Crippen LogP contribution in [0, 0.1) is 0 Å². The SMILES string of the molecule is C.C.C.C.CCSC(=S)SCc1ccc(CSC(=S)SCC)cc1. The quantitative estimate of drug-likeness (QED) is 0.401. The van der Waals surface area contributed by atoms with E-state index in [0.717, 1.165) is 30.1 Å². The molecule has 0 amide bonds. The summed E-state index contributed by atoms with van der Waals surface area (Å²) in [5.74, 6) is 4.03. The maximum atomic E-state index is 5.28. The predicted octanol–water partition coefficient (Wildman–Crippen LogP) is 8.77. The first-order chi connectivity index (χ1) is 9.65. The van der Waals surface area contributed by atoms with E-state index < -0.39 is 0 Å². The summed E-state index contributed by atoms with van der Waals surface area (Å²) in [5, 5.41) is 0. The third-order valence-electron chi connectivity index (χ3n) is 2.26. The van der Waals surface area contributed by atoms with Gasteiger partial charge in [-0.05, 0) is 22.6 Å². The van der Waals surface area contributed by atoms with E-state index in [9.17, 15) is 0 Å². The van der Waals surface area contributed by atoms with Crippen molar-refractivity contribution in [3.63, 3.8) is 0 Å². The summed E-state index contributed by atoms with van der Waals surface area (Å²) in [7, 11) is 0. The molecular formula is C18H34S6. The molecule has 0 aliphatic heterocycles. The summed E-state index contributed by atoms with van der Waals surface area (Å²) in [5.41, 5.74) is 2.65. The number of rotatable bonds is 6. The minimum absolute atomic E-state index is 0. The lowest BCUT2D eigenvalue weighted by atomic mass is 10.2. The van der Waals surface area contributed by atoms with Crippen molar-refractivity contribution in [3.05, 3.63) is 35.4 Å². The smallest absolute Gasteiger partial charge is 0.104 e. The van der Waals surface area contributed by atoms with Crippen molar-refractivity contribution in [3.8, 4) is 0 Å². The minimum atomic E-state index is 0. The Bertz CT molecular complexity index is 387. The molecule has 0 nitrogen and oxygen atoms in total. The highest BCUT2D eigenvalue weighted by Crippen LogP contribution is 2.24. The van der Waals surface area contributed by atoms with Gasteiger partial charge in [0, 0.05) is 11.5 Å². The van der Waals surface area contributed by atoms with Crippen molar-refractivity contribution in [1.29, 1.82) is 0 Å². The van der Waals surface area contributed by atoms with E-state index in [0.29, 0.717) is 0 Å². The van der Waals surface area contributed by atoms with Crippen molar-refractivity contribution >= 4 is 78.5 Å². The van der Waals surface area contributed by atoms with Crippen molar-refractivity contribution in [1.82, 2.24) is 0 Å². The summed E-state index contributed by atoms with van der Waals surface area (Å²) in [6.07, 6.45) is 0. The molecule has 1 rings (SSSR count). The minimum Gasteiger partial charge on any atom is -0.108 e. The molecule has 6 heteroatoms. The molecule has 1 aromatic carbocycles. The van der Waals surface area contributed by atoms with Crippen LogP contribution in [0.3, 0.4) is 0 Å². The summed E-state index contributed by atoms with van der Waals surface area (Å²) >= 11 is 17.5. The van der Waals surface area contributed by atoms with E-state index in [2.05, 4.69) is 38.1 Å². The Hall–Kier alpha value is 0.800. The second-order valence-electron chi connectivity index (χ2n) is 3.76. The monoisotopic (exact) mass is 442 g/mol. The molecule has 142 valence electrons. The molecular weight excluding hydrogens is 409 g/mol.